The van der Waals surface area contributed by atoms with Gasteiger partial charge in [0.15, 0.2) is 5.69 Å². The summed E-state index contributed by atoms with van der Waals surface area (Å²) in [7, 11) is 1.72. The minimum absolute atomic E-state index is 0.0451. The van der Waals surface area contributed by atoms with Crippen molar-refractivity contribution in [3.63, 3.8) is 0 Å². The average Bonchev–Trinajstić information content (AvgIpc) is 3.07. The van der Waals surface area contributed by atoms with Crippen molar-refractivity contribution < 1.29 is 14.7 Å². The van der Waals surface area contributed by atoms with Crippen LogP contribution in [0, 0.1) is 0 Å². The summed E-state index contributed by atoms with van der Waals surface area (Å²) in [5, 5.41) is 12.7. The zero-order valence-corrected chi connectivity index (χ0v) is 14.1. The van der Waals surface area contributed by atoms with Gasteiger partial charge in [-0.3, -0.25) is 4.79 Å². The minimum atomic E-state index is -0.991. The molecule has 0 atom stereocenters. The predicted molar refractivity (Wildman–Crippen MR) is 97.2 cm³/mol. The number of nitrogens with one attached hydrogen (secondary N) is 1. The summed E-state index contributed by atoms with van der Waals surface area (Å²) in [4.78, 5) is 24.7. The van der Waals surface area contributed by atoms with Crippen molar-refractivity contribution in [1.82, 2.24) is 4.40 Å². The molecule has 0 radical (unpaired) electrons. The monoisotopic (exact) mass is 337 g/mol. The van der Waals surface area contributed by atoms with Gasteiger partial charge in [0.1, 0.15) is 0 Å². The molecule has 0 saturated carbocycles. The van der Waals surface area contributed by atoms with Gasteiger partial charge in [-0.25, -0.2) is 4.79 Å². The van der Waals surface area contributed by atoms with Crippen molar-refractivity contribution in [3.05, 3.63) is 66.0 Å². The van der Waals surface area contributed by atoms with Gasteiger partial charge in [0.25, 0.3) is 0 Å². The molecule has 6 nitrogen and oxygen atoms in total. The number of nitrogens with zero attached hydrogens (tertiary/aromatic N) is 2. The van der Waals surface area contributed by atoms with Crippen molar-refractivity contribution in [2.45, 2.75) is 13.5 Å². The Hall–Kier alpha value is -3.28. The summed E-state index contributed by atoms with van der Waals surface area (Å²) in [6.45, 7) is 1.96. The number of benzene rings is 1. The molecule has 2 heterocycles. The van der Waals surface area contributed by atoms with Gasteiger partial charge in [0.2, 0.25) is 5.91 Å². The number of anilines is 2. The van der Waals surface area contributed by atoms with E-state index in [0.717, 1.165) is 16.8 Å². The van der Waals surface area contributed by atoms with Gasteiger partial charge in [-0.05, 0) is 42.0 Å². The molecule has 2 N–H and O–H groups in total. The highest BCUT2D eigenvalue weighted by Crippen LogP contribution is 2.21. The molecule has 1 amide bonds. The van der Waals surface area contributed by atoms with Crippen LogP contribution in [0.4, 0.5) is 11.4 Å². The molecule has 0 bridgehead atoms. The lowest BCUT2D eigenvalue weighted by atomic mass is 10.1. The summed E-state index contributed by atoms with van der Waals surface area (Å²) >= 11 is 0. The van der Waals surface area contributed by atoms with Crippen LogP contribution in [0.5, 0.6) is 0 Å². The second-order valence-electron chi connectivity index (χ2n) is 5.81. The Kier molecular flexibility index (Phi) is 4.43. The van der Waals surface area contributed by atoms with Crippen molar-refractivity contribution in [2.24, 2.45) is 0 Å². The number of aromatic nitrogens is 1. The second-order valence-corrected chi connectivity index (χ2v) is 5.81. The fourth-order valence-corrected chi connectivity index (χ4v) is 2.73. The lowest BCUT2D eigenvalue weighted by Crippen LogP contribution is -2.22. The first-order valence-electron chi connectivity index (χ1n) is 7.88. The Labute approximate surface area is 145 Å². The number of fused-ring (bicyclic) bond motifs is 1. The van der Waals surface area contributed by atoms with Crippen LogP contribution in [-0.2, 0) is 11.3 Å². The number of hydrogen-bond donors (Lipinski definition) is 2. The summed E-state index contributed by atoms with van der Waals surface area (Å²) in [5.41, 5.74) is 3.31. The van der Waals surface area contributed by atoms with Crippen LogP contribution in [0.1, 0.15) is 23.0 Å². The van der Waals surface area contributed by atoms with Gasteiger partial charge in [-0.2, -0.15) is 0 Å². The van der Waals surface area contributed by atoms with E-state index in [4.69, 9.17) is 0 Å². The second kappa shape index (κ2) is 6.68. The summed E-state index contributed by atoms with van der Waals surface area (Å²) in [5.74, 6) is -1.04. The first-order chi connectivity index (χ1) is 12.0. The third-order valence-corrected chi connectivity index (χ3v) is 4.15. The number of hydrogen-bond acceptors (Lipinski definition) is 3. The lowest BCUT2D eigenvalue weighted by molar-refractivity contribution is -0.116. The van der Waals surface area contributed by atoms with E-state index >= 15 is 0 Å². The van der Waals surface area contributed by atoms with Crippen molar-refractivity contribution >= 4 is 28.8 Å². The molecule has 2 aromatic heterocycles. The molecule has 0 spiro atoms. The smallest absolute Gasteiger partial charge is 0.355 e. The van der Waals surface area contributed by atoms with Gasteiger partial charge in [0, 0.05) is 37.9 Å². The molecular formula is C19H19N3O3. The molecule has 0 unspecified atom stereocenters. The van der Waals surface area contributed by atoms with Crippen LogP contribution in [-0.4, -0.2) is 28.4 Å². The van der Waals surface area contributed by atoms with E-state index in [0.29, 0.717) is 12.2 Å². The Morgan fingerprint density at radius 3 is 2.68 bits per heavy atom. The zero-order chi connectivity index (χ0) is 18.0. The first-order valence-corrected chi connectivity index (χ1v) is 7.88. The van der Waals surface area contributed by atoms with Gasteiger partial charge in [0.05, 0.1) is 5.69 Å². The molecule has 3 aromatic rings. The SMILES string of the molecule is CC(=O)N(C)c1cccc(CNc2ccc3cccn3c2C(=O)O)c1. The molecular weight excluding hydrogens is 318 g/mol. The number of aromatic carboxylic acids is 1. The highest BCUT2D eigenvalue weighted by molar-refractivity contribution is 5.93. The van der Waals surface area contributed by atoms with E-state index in [-0.39, 0.29) is 11.6 Å². The van der Waals surface area contributed by atoms with Gasteiger partial charge >= 0.3 is 5.97 Å². The fraction of sp³-hybridized carbons (Fsp3) is 0.158. The van der Waals surface area contributed by atoms with Crippen LogP contribution < -0.4 is 10.2 Å². The van der Waals surface area contributed by atoms with E-state index in [1.807, 2.05) is 42.5 Å². The quantitative estimate of drug-likeness (QED) is 0.749. The summed E-state index contributed by atoms with van der Waals surface area (Å²) in [6, 6.07) is 14.9. The molecule has 3 rings (SSSR count). The van der Waals surface area contributed by atoms with Crippen LogP contribution in [0.3, 0.4) is 0 Å². The lowest BCUT2D eigenvalue weighted by Gasteiger charge is -2.17. The number of rotatable bonds is 5. The van der Waals surface area contributed by atoms with Gasteiger partial charge in [-0.1, -0.05) is 12.1 Å². The molecule has 0 aliphatic rings. The summed E-state index contributed by atoms with van der Waals surface area (Å²) < 4.78 is 1.64. The van der Waals surface area contributed by atoms with Crippen molar-refractivity contribution in [3.8, 4) is 0 Å². The zero-order valence-electron chi connectivity index (χ0n) is 14.1. The maximum Gasteiger partial charge on any atom is 0.355 e. The van der Waals surface area contributed by atoms with E-state index in [1.54, 1.807) is 28.6 Å². The number of carbonyl (C=O) groups excluding carboxylic acids is 1. The number of carbonyl (C=O) groups is 2. The van der Waals surface area contributed by atoms with Gasteiger partial charge < -0.3 is 19.7 Å². The molecule has 0 saturated heterocycles. The van der Waals surface area contributed by atoms with Crippen LogP contribution in [0.25, 0.3) is 5.52 Å². The molecule has 25 heavy (non-hydrogen) atoms. The predicted octanol–water partition coefficient (Wildman–Crippen LogP) is 3.23. The molecule has 0 aliphatic heterocycles. The van der Waals surface area contributed by atoms with Crippen LogP contribution in [0.2, 0.25) is 0 Å². The molecule has 6 heteroatoms. The van der Waals surface area contributed by atoms with Crippen LogP contribution >= 0.6 is 0 Å². The molecule has 1 aromatic carbocycles. The Morgan fingerprint density at radius 2 is 1.96 bits per heavy atom. The topological polar surface area (TPSA) is 74.0 Å². The Bertz CT molecular complexity index is 946. The Balaban J connectivity index is 1.86. The molecule has 128 valence electrons. The number of pyridine rings is 1. The standard InChI is InChI=1S/C19H19N3O3/c1-13(23)21(2)16-6-3-5-14(11-16)12-20-17-9-8-15-7-4-10-22(15)18(17)19(24)25/h3-11,20H,12H2,1-2H3,(H,24,25). The van der Waals surface area contributed by atoms with Gasteiger partial charge in [-0.15, -0.1) is 0 Å². The van der Waals surface area contributed by atoms with E-state index < -0.39 is 5.97 Å². The number of amides is 1. The highest BCUT2D eigenvalue weighted by Gasteiger charge is 2.14. The van der Waals surface area contributed by atoms with E-state index in [1.165, 1.54) is 6.92 Å². The van der Waals surface area contributed by atoms with Crippen molar-refractivity contribution in [1.29, 1.82) is 0 Å². The normalized spacial score (nSPS) is 10.6. The maximum absolute atomic E-state index is 11.7. The number of carboxylic acids is 1. The average molecular weight is 337 g/mol. The Morgan fingerprint density at radius 1 is 1.16 bits per heavy atom. The fourth-order valence-electron chi connectivity index (χ4n) is 2.73. The van der Waals surface area contributed by atoms with E-state index in [9.17, 15) is 14.7 Å². The first kappa shape index (κ1) is 16.6. The minimum Gasteiger partial charge on any atom is -0.476 e. The molecule has 0 fully saturated rings. The third kappa shape index (κ3) is 3.33. The maximum atomic E-state index is 11.7. The third-order valence-electron chi connectivity index (χ3n) is 4.15. The van der Waals surface area contributed by atoms with Crippen molar-refractivity contribution in [2.75, 3.05) is 17.3 Å². The molecule has 0 aliphatic carbocycles. The largest absolute Gasteiger partial charge is 0.476 e. The van der Waals surface area contributed by atoms with Crippen LogP contribution in [0.15, 0.2) is 54.7 Å². The highest BCUT2D eigenvalue weighted by atomic mass is 16.4. The summed E-state index contributed by atoms with van der Waals surface area (Å²) in [6.07, 6.45) is 1.73. The number of carboxylic acid groups (broad SMARTS) is 1. The van der Waals surface area contributed by atoms with E-state index in [2.05, 4.69) is 5.32 Å².